The molecule has 5 heteroatoms. The van der Waals surface area contributed by atoms with E-state index in [1.807, 2.05) is 12.1 Å². The molecule has 0 saturated heterocycles. The van der Waals surface area contributed by atoms with Gasteiger partial charge in [-0.05, 0) is 42.7 Å². The van der Waals surface area contributed by atoms with Gasteiger partial charge < -0.3 is 5.32 Å². The van der Waals surface area contributed by atoms with E-state index in [1.165, 1.54) is 37.0 Å². The summed E-state index contributed by atoms with van der Waals surface area (Å²) in [5, 5.41) is 4.21. The van der Waals surface area contributed by atoms with Crippen molar-refractivity contribution in [2.45, 2.75) is 35.3 Å². The second-order valence-electron chi connectivity index (χ2n) is 4.60. The van der Waals surface area contributed by atoms with Gasteiger partial charge in [0.1, 0.15) is 17.2 Å². The second kappa shape index (κ2) is 5.67. The largest absolute Gasteiger partial charge is 0.310 e. The van der Waals surface area contributed by atoms with E-state index in [2.05, 4.69) is 15.3 Å². The van der Waals surface area contributed by atoms with Gasteiger partial charge in [0.2, 0.25) is 0 Å². The maximum atomic E-state index is 13.6. The van der Waals surface area contributed by atoms with E-state index < -0.39 is 0 Å². The van der Waals surface area contributed by atoms with Crippen LogP contribution in [0.2, 0.25) is 0 Å². The predicted molar refractivity (Wildman–Crippen MR) is 72.4 cm³/mol. The lowest BCUT2D eigenvalue weighted by molar-refractivity contribution is 0.615. The molecule has 0 spiro atoms. The summed E-state index contributed by atoms with van der Waals surface area (Å²) in [4.78, 5) is 8.87. The molecule has 0 bridgehead atoms. The average molecular weight is 275 g/mol. The third kappa shape index (κ3) is 3.75. The van der Waals surface area contributed by atoms with Crippen molar-refractivity contribution in [1.82, 2.24) is 15.3 Å². The normalized spacial score (nSPS) is 14.6. The standard InChI is InChI=1S/C14H14FN3S/c15-11-5-10(8-17-12-1-2-12)6-13(7-11)19-14-3-4-16-9-18-14/h3-7,9,12,17H,1-2,8H2. The molecule has 1 saturated carbocycles. The maximum absolute atomic E-state index is 13.6. The first-order chi connectivity index (χ1) is 9.29. The Bertz CT molecular complexity index is 558. The number of halogens is 1. The maximum Gasteiger partial charge on any atom is 0.124 e. The molecule has 1 fully saturated rings. The Morgan fingerprint density at radius 2 is 2.21 bits per heavy atom. The van der Waals surface area contributed by atoms with E-state index in [1.54, 1.807) is 12.3 Å². The summed E-state index contributed by atoms with van der Waals surface area (Å²) >= 11 is 1.45. The molecule has 1 N–H and O–H groups in total. The van der Waals surface area contributed by atoms with Crippen LogP contribution in [0.4, 0.5) is 4.39 Å². The Morgan fingerprint density at radius 3 is 2.95 bits per heavy atom. The SMILES string of the molecule is Fc1cc(CNC2CC2)cc(Sc2ccncn2)c1. The molecule has 19 heavy (non-hydrogen) atoms. The molecule has 2 aromatic rings. The van der Waals surface area contributed by atoms with Crippen molar-refractivity contribution in [1.29, 1.82) is 0 Å². The molecule has 0 atom stereocenters. The summed E-state index contributed by atoms with van der Waals surface area (Å²) in [6.45, 7) is 0.722. The molecule has 1 aromatic heterocycles. The van der Waals surface area contributed by atoms with Crippen LogP contribution in [-0.2, 0) is 6.54 Å². The van der Waals surface area contributed by atoms with Crippen LogP contribution in [0.25, 0.3) is 0 Å². The van der Waals surface area contributed by atoms with Crippen LogP contribution in [0.15, 0.2) is 46.7 Å². The highest BCUT2D eigenvalue weighted by Crippen LogP contribution is 2.27. The lowest BCUT2D eigenvalue weighted by Crippen LogP contribution is -2.15. The first kappa shape index (κ1) is 12.6. The zero-order valence-corrected chi connectivity index (χ0v) is 11.2. The van der Waals surface area contributed by atoms with Crippen molar-refractivity contribution in [2.75, 3.05) is 0 Å². The van der Waals surface area contributed by atoms with Crippen LogP contribution < -0.4 is 5.32 Å². The Balaban J connectivity index is 1.72. The van der Waals surface area contributed by atoms with Crippen LogP contribution in [0.5, 0.6) is 0 Å². The summed E-state index contributed by atoms with van der Waals surface area (Å²) < 4.78 is 13.6. The van der Waals surface area contributed by atoms with Crippen molar-refractivity contribution >= 4 is 11.8 Å². The molecule has 0 amide bonds. The monoisotopic (exact) mass is 275 g/mol. The number of hydrogen-bond donors (Lipinski definition) is 1. The van der Waals surface area contributed by atoms with Gasteiger partial charge in [-0.25, -0.2) is 14.4 Å². The van der Waals surface area contributed by atoms with Crippen molar-refractivity contribution in [3.05, 3.63) is 48.2 Å². The fraction of sp³-hybridized carbons (Fsp3) is 0.286. The molecule has 0 unspecified atom stereocenters. The average Bonchev–Trinajstić information content (AvgIpc) is 3.21. The summed E-state index contributed by atoms with van der Waals surface area (Å²) in [7, 11) is 0. The minimum atomic E-state index is -0.202. The number of hydrogen-bond acceptors (Lipinski definition) is 4. The van der Waals surface area contributed by atoms with Gasteiger partial charge in [0.05, 0.1) is 0 Å². The Morgan fingerprint density at radius 1 is 1.32 bits per heavy atom. The van der Waals surface area contributed by atoms with E-state index in [0.29, 0.717) is 6.04 Å². The summed E-state index contributed by atoms with van der Waals surface area (Å²) in [6, 6.07) is 7.57. The lowest BCUT2D eigenvalue weighted by Gasteiger charge is -2.06. The molecule has 0 radical (unpaired) electrons. The Kier molecular flexibility index (Phi) is 3.75. The van der Waals surface area contributed by atoms with E-state index in [9.17, 15) is 4.39 Å². The minimum absolute atomic E-state index is 0.202. The van der Waals surface area contributed by atoms with Crippen molar-refractivity contribution in [3.63, 3.8) is 0 Å². The van der Waals surface area contributed by atoms with Gasteiger partial charge in [-0.3, -0.25) is 0 Å². The highest BCUT2D eigenvalue weighted by atomic mass is 32.2. The quantitative estimate of drug-likeness (QED) is 0.851. The molecular weight excluding hydrogens is 261 g/mol. The molecule has 1 aromatic carbocycles. The van der Waals surface area contributed by atoms with Crippen molar-refractivity contribution in [3.8, 4) is 0 Å². The molecule has 1 aliphatic rings. The third-order valence-corrected chi connectivity index (χ3v) is 3.80. The van der Waals surface area contributed by atoms with Gasteiger partial charge >= 0.3 is 0 Å². The highest BCUT2D eigenvalue weighted by Gasteiger charge is 2.20. The topological polar surface area (TPSA) is 37.8 Å². The molecule has 98 valence electrons. The molecule has 3 rings (SSSR count). The van der Waals surface area contributed by atoms with Crippen molar-refractivity contribution in [2.24, 2.45) is 0 Å². The van der Waals surface area contributed by atoms with Gasteiger partial charge in [-0.15, -0.1) is 0 Å². The lowest BCUT2D eigenvalue weighted by atomic mass is 10.2. The first-order valence-corrected chi connectivity index (χ1v) is 7.08. The van der Waals surface area contributed by atoms with Crippen LogP contribution >= 0.6 is 11.8 Å². The summed E-state index contributed by atoms with van der Waals surface area (Å²) in [6.07, 6.45) is 5.65. The van der Waals surface area contributed by atoms with Gasteiger partial charge in [-0.1, -0.05) is 11.8 Å². The number of benzene rings is 1. The number of aromatic nitrogens is 2. The zero-order valence-electron chi connectivity index (χ0n) is 10.3. The summed E-state index contributed by atoms with van der Waals surface area (Å²) in [5.41, 5.74) is 0.975. The third-order valence-electron chi connectivity index (χ3n) is 2.88. The fourth-order valence-electron chi connectivity index (χ4n) is 1.79. The zero-order chi connectivity index (χ0) is 13.1. The van der Waals surface area contributed by atoms with Crippen LogP contribution in [0, 0.1) is 5.82 Å². The van der Waals surface area contributed by atoms with Crippen LogP contribution in [-0.4, -0.2) is 16.0 Å². The fourth-order valence-corrected chi connectivity index (χ4v) is 2.64. The Hall–Kier alpha value is -1.46. The Labute approximate surface area is 115 Å². The van der Waals surface area contributed by atoms with Gasteiger partial charge in [0.15, 0.2) is 0 Å². The molecular formula is C14H14FN3S. The number of rotatable bonds is 5. The highest BCUT2D eigenvalue weighted by molar-refractivity contribution is 7.99. The van der Waals surface area contributed by atoms with E-state index in [-0.39, 0.29) is 5.82 Å². The van der Waals surface area contributed by atoms with E-state index in [4.69, 9.17) is 0 Å². The summed E-state index contributed by atoms with van der Waals surface area (Å²) in [5.74, 6) is -0.202. The van der Waals surface area contributed by atoms with E-state index in [0.717, 1.165) is 22.0 Å². The second-order valence-corrected chi connectivity index (χ2v) is 5.69. The van der Waals surface area contributed by atoms with Gasteiger partial charge in [0.25, 0.3) is 0 Å². The van der Waals surface area contributed by atoms with Gasteiger partial charge in [-0.2, -0.15) is 0 Å². The molecule has 1 aliphatic carbocycles. The smallest absolute Gasteiger partial charge is 0.124 e. The van der Waals surface area contributed by atoms with Crippen LogP contribution in [0.3, 0.4) is 0 Å². The van der Waals surface area contributed by atoms with Crippen molar-refractivity contribution < 1.29 is 4.39 Å². The molecule has 3 nitrogen and oxygen atoms in total. The molecule has 0 aliphatic heterocycles. The predicted octanol–water partition coefficient (Wildman–Crippen LogP) is 3.02. The van der Waals surface area contributed by atoms with Crippen LogP contribution in [0.1, 0.15) is 18.4 Å². The minimum Gasteiger partial charge on any atom is -0.310 e. The van der Waals surface area contributed by atoms with Gasteiger partial charge in [0, 0.05) is 23.7 Å². The number of nitrogens with zero attached hydrogens (tertiary/aromatic N) is 2. The molecule has 1 heterocycles. The first-order valence-electron chi connectivity index (χ1n) is 6.26. The van der Waals surface area contributed by atoms with E-state index >= 15 is 0 Å². The number of nitrogens with one attached hydrogen (secondary N) is 1.